The number of carbonyl (C=O) groups is 2. The smallest absolute Gasteiger partial charge is 0.254 e. The molecular weight excluding hydrogens is 338 g/mol. The number of hydrogen-bond donors (Lipinski definition) is 0. The van der Waals surface area contributed by atoms with E-state index < -0.39 is 0 Å². The first kappa shape index (κ1) is 16.7. The van der Waals surface area contributed by atoms with Crippen LogP contribution in [0, 0.1) is 29.1 Å². The van der Waals surface area contributed by atoms with Crippen LogP contribution in [0.15, 0.2) is 41.5 Å². The minimum atomic E-state index is -0.183. The molecule has 1 spiro atoms. The molecule has 2 amide bonds. The normalized spacial score (nSPS) is 32.1. The highest BCUT2D eigenvalue weighted by Crippen LogP contribution is 2.73. The van der Waals surface area contributed by atoms with Gasteiger partial charge in [0.05, 0.1) is 18.1 Å². The van der Waals surface area contributed by atoms with E-state index in [-0.39, 0.29) is 40.9 Å². The number of imide groups is 1. The zero-order valence-corrected chi connectivity index (χ0v) is 15.8. The van der Waals surface area contributed by atoms with Crippen molar-refractivity contribution < 1.29 is 9.59 Å². The average Bonchev–Trinajstić information content (AvgIpc) is 3.29. The van der Waals surface area contributed by atoms with E-state index in [4.69, 9.17) is 0 Å². The maximum atomic E-state index is 12.9. The fourth-order valence-corrected chi connectivity index (χ4v) is 5.66. The second kappa shape index (κ2) is 5.78. The highest BCUT2D eigenvalue weighted by molar-refractivity contribution is 6.07. The fraction of sp³-hybridized carbons (Fsp3) is 0.500. The first-order valence-electron chi connectivity index (χ1n) is 10.1. The lowest BCUT2D eigenvalue weighted by atomic mass is 9.85. The first-order chi connectivity index (χ1) is 13.1. The summed E-state index contributed by atoms with van der Waals surface area (Å²) in [5, 5.41) is 5.42. The van der Waals surface area contributed by atoms with Gasteiger partial charge in [-0.1, -0.05) is 24.3 Å². The molecule has 3 fully saturated rings. The maximum absolute atomic E-state index is 12.9. The van der Waals surface area contributed by atoms with Gasteiger partial charge < -0.3 is 4.90 Å². The van der Waals surface area contributed by atoms with Crippen LogP contribution >= 0.6 is 0 Å². The van der Waals surface area contributed by atoms with Crippen molar-refractivity contribution in [1.82, 2.24) is 5.01 Å². The number of fused-ring (bicyclic) bond motifs is 3. The van der Waals surface area contributed by atoms with E-state index in [0.29, 0.717) is 0 Å². The summed E-state index contributed by atoms with van der Waals surface area (Å²) in [6.45, 7) is 6.19. The van der Waals surface area contributed by atoms with Crippen molar-refractivity contribution in [3.8, 4) is 0 Å². The molecule has 0 radical (unpaired) electrons. The molecule has 1 saturated heterocycles. The largest absolute Gasteiger partial charge is 0.372 e. The van der Waals surface area contributed by atoms with Gasteiger partial charge in [-0.2, -0.15) is 10.1 Å². The number of hydrazone groups is 1. The summed E-state index contributed by atoms with van der Waals surface area (Å²) < 4.78 is 0. The number of rotatable bonds is 5. The Hall–Kier alpha value is -2.43. The van der Waals surface area contributed by atoms with Gasteiger partial charge in [-0.15, -0.1) is 0 Å². The second-order valence-corrected chi connectivity index (χ2v) is 8.22. The molecule has 1 heterocycles. The molecule has 3 aliphatic carbocycles. The SMILES string of the molecule is CCN(CC)c1ccc(/C=N\N2C(=O)[C@@H]3[C@@H](C2=O)[C@H]2C=C[C@H]3C23CC3)cc1. The van der Waals surface area contributed by atoms with Gasteiger partial charge in [-0.25, -0.2) is 0 Å². The van der Waals surface area contributed by atoms with Crippen LogP contribution in [0.25, 0.3) is 0 Å². The Bertz CT molecular complexity index is 815. The molecule has 2 bridgehead atoms. The summed E-state index contributed by atoms with van der Waals surface area (Å²) in [7, 11) is 0. The zero-order chi connectivity index (χ0) is 18.8. The predicted molar refractivity (Wildman–Crippen MR) is 104 cm³/mol. The summed E-state index contributed by atoms with van der Waals surface area (Å²) in [6.07, 6.45) is 8.31. The average molecular weight is 363 g/mol. The van der Waals surface area contributed by atoms with E-state index in [2.05, 4.69) is 48.1 Å². The van der Waals surface area contributed by atoms with E-state index in [1.165, 1.54) is 0 Å². The van der Waals surface area contributed by atoms with Gasteiger partial charge in [0.2, 0.25) is 0 Å². The molecule has 5 rings (SSSR count). The monoisotopic (exact) mass is 363 g/mol. The van der Waals surface area contributed by atoms with Gasteiger partial charge in [0, 0.05) is 18.8 Å². The van der Waals surface area contributed by atoms with Crippen LogP contribution in [-0.2, 0) is 9.59 Å². The fourth-order valence-electron chi connectivity index (χ4n) is 5.66. The number of anilines is 1. The molecule has 2 saturated carbocycles. The van der Waals surface area contributed by atoms with Crippen molar-refractivity contribution in [2.24, 2.45) is 34.2 Å². The Kier molecular flexibility index (Phi) is 3.58. The van der Waals surface area contributed by atoms with Crippen molar-refractivity contribution in [1.29, 1.82) is 0 Å². The lowest BCUT2D eigenvalue weighted by Gasteiger charge is -2.21. The summed E-state index contributed by atoms with van der Waals surface area (Å²) in [5.74, 6) is -0.0855. The molecule has 1 aliphatic heterocycles. The number of nitrogens with zero attached hydrogens (tertiary/aromatic N) is 3. The number of allylic oxidation sites excluding steroid dienone is 2. The number of amides is 2. The van der Waals surface area contributed by atoms with Crippen molar-refractivity contribution in [2.75, 3.05) is 18.0 Å². The summed E-state index contributed by atoms with van der Waals surface area (Å²) in [5.41, 5.74) is 2.29. The van der Waals surface area contributed by atoms with Gasteiger partial charge in [0.1, 0.15) is 0 Å². The van der Waals surface area contributed by atoms with Crippen LogP contribution in [0.2, 0.25) is 0 Å². The van der Waals surface area contributed by atoms with Crippen molar-refractivity contribution >= 4 is 23.7 Å². The lowest BCUT2D eigenvalue weighted by molar-refractivity contribution is -0.141. The zero-order valence-electron chi connectivity index (χ0n) is 15.8. The quantitative estimate of drug-likeness (QED) is 0.459. The van der Waals surface area contributed by atoms with E-state index in [1.54, 1.807) is 6.21 Å². The summed E-state index contributed by atoms with van der Waals surface area (Å²) >= 11 is 0. The van der Waals surface area contributed by atoms with Gasteiger partial charge in [0.25, 0.3) is 11.8 Å². The van der Waals surface area contributed by atoms with Crippen LogP contribution in [0.3, 0.4) is 0 Å². The van der Waals surface area contributed by atoms with Gasteiger partial charge in [-0.05, 0) is 61.6 Å². The Balaban J connectivity index is 1.34. The number of benzene rings is 1. The van der Waals surface area contributed by atoms with Crippen molar-refractivity contribution in [2.45, 2.75) is 26.7 Å². The molecular formula is C22H25N3O2. The third-order valence-electron chi connectivity index (χ3n) is 7.17. The molecule has 0 N–H and O–H groups in total. The second-order valence-electron chi connectivity index (χ2n) is 8.22. The maximum Gasteiger partial charge on any atom is 0.254 e. The van der Waals surface area contributed by atoms with E-state index >= 15 is 0 Å². The van der Waals surface area contributed by atoms with Crippen molar-refractivity contribution in [3.63, 3.8) is 0 Å². The highest BCUT2D eigenvalue weighted by atomic mass is 16.2. The van der Waals surface area contributed by atoms with Gasteiger partial charge >= 0.3 is 0 Å². The van der Waals surface area contributed by atoms with E-state index in [9.17, 15) is 9.59 Å². The standard InChI is InChI=1S/C22H25N3O2/c1-3-24(4-2)15-7-5-14(6-8-15)13-23-25-20(26)18-16-9-10-17(19(18)21(25)27)22(16)11-12-22/h5-10,13,16-19H,3-4,11-12H2,1-2H3/b23-13-/t16-,17-,18+,19+/m1/s1. The lowest BCUT2D eigenvalue weighted by Crippen LogP contribution is -2.30. The van der Waals surface area contributed by atoms with Crippen LogP contribution in [0.4, 0.5) is 5.69 Å². The Morgan fingerprint density at radius 3 is 2.07 bits per heavy atom. The molecule has 0 unspecified atom stereocenters. The Morgan fingerprint density at radius 1 is 1.04 bits per heavy atom. The topological polar surface area (TPSA) is 53.0 Å². The van der Waals surface area contributed by atoms with Crippen LogP contribution in [0.1, 0.15) is 32.3 Å². The minimum Gasteiger partial charge on any atom is -0.372 e. The summed E-state index contributed by atoms with van der Waals surface area (Å²) in [6, 6.07) is 8.07. The molecule has 1 aromatic rings. The van der Waals surface area contributed by atoms with Gasteiger partial charge in [0.15, 0.2) is 0 Å². The van der Waals surface area contributed by atoms with Gasteiger partial charge in [-0.3, -0.25) is 9.59 Å². The number of hydrogen-bond acceptors (Lipinski definition) is 4. The predicted octanol–water partition coefficient (Wildman–Crippen LogP) is 3.06. The molecule has 140 valence electrons. The molecule has 1 aromatic carbocycles. The van der Waals surface area contributed by atoms with Crippen LogP contribution in [-0.4, -0.2) is 36.1 Å². The summed E-state index contributed by atoms with van der Waals surface area (Å²) in [4.78, 5) is 28.1. The third kappa shape index (κ3) is 2.20. The molecule has 4 aliphatic rings. The highest BCUT2D eigenvalue weighted by Gasteiger charge is 2.73. The molecule has 5 heteroatoms. The molecule has 4 atom stereocenters. The Morgan fingerprint density at radius 2 is 1.59 bits per heavy atom. The van der Waals surface area contributed by atoms with Crippen molar-refractivity contribution in [3.05, 3.63) is 42.0 Å². The molecule has 5 nitrogen and oxygen atoms in total. The first-order valence-corrected chi connectivity index (χ1v) is 10.1. The third-order valence-corrected chi connectivity index (χ3v) is 7.17. The van der Waals surface area contributed by atoms with E-state index in [0.717, 1.165) is 42.2 Å². The minimum absolute atomic E-state index is 0.107. The molecule has 27 heavy (non-hydrogen) atoms. The molecule has 0 aromatic heterocycles. The van der Waals surface area contributed by atoms with E-state index in [1.807, 2.05) is 12.1 Å². The van der Waals surface area contributed by atoms with Crippen LogP contribution in [0.5, 0.6) is 0 Å². The van der Waals surface area contributed by atoms with Crippen LogP contribution < -0.4 is 4.90 Å². The Labute approximate surface area is 159 Å². The number of carbonyl (C=O) groups excluding carboxylic acids is 2.